The number of thiophene rings is 1. The van der Waals surface area contributed by atoms with Crippen molar-refractivity contribution in [2.45, 2.75) is 45.6 Å². The number of amides is 1. The zero-order chi connectivity index (χ0) is 18.8. The monoisotopic (exact) mass is 399 g/mol. The topological polar surface area (TPSA) is 46.4 Å². The van der Waals surface area contributed by atoms with Crippen LogP contribution in [0.4, 0.5) is 0 Å². The van der Waals surface area contributed by atoms with E-state index in [0.29, 0.717) is 13.0 Å². The maximum absolute atomic E-state index is 12.3. The number of aryl methyl sites for hydroxylation is 2. The van der Waals surface area contributed by atoms with Crippen molar-refractivity contribution in [3.8, 4) is 0 Å². The third-order valence-corrected chi connectivity index (χ3v) is 6.46. The molecule has 1 aromatic carbocycles. The third kappa shape index (κ3) is 3.80. The van der Waals surface area contributed by atoms with E-state index in [1.165, 1.54) is 46.3 Å². The highest BCUT2D eigenvalue weighted by Crippen LogP contribution is 2.32. The first-order valence-corrected chi connectivity index (χ1v) is 10.5. The molecule has 4 nitrogen and oxygen atoms in total. The van der Waals surface area contributed by atoms with Crippen molar-refractivity contribution in [1.82, 2.24) is 9.99 Å². The van der Waals surface area contributed by atoms with E-state index >= 15 is 0 Å². The number of hydrogen-bond acceptors (Lipinski definition) is 3. The molecule has 0 bridgehead atoms. The fourth-order valence-corrected chi connectivity index (χ4v) is 4.81. The van der Waals surface area contributed by atoms with E-state index in [2.05, 4.69) is 39.4 Å². The highest BCUT2D eigenvalue weighted by molar-refractivity contribution is 7.18. The number of aromatic nitrogens is 1. The number of hydrogen-bond donors (Lipinski definition) is 1. The van der Waals surface area contributed by atoms with Crippen LogP contribution in [-0.4, -0.2) is 16.2 Å². The highest BCUT2D eigenvalue weighted by Gasteiger charge is 2.19. The smallest absolute Gasteiger partial charge is 0.241 e. The first-order valence-electron chi connectivity index (χ1n) is 9.31. The number of fused-ring (bicyclic) bond motifs is 3. The molecule has 2 heterocycles. The zero-order valence-electron chi connectivity index (χ0n) is 15.3. The van der Waals surface area contributed by atoms with E-state index in [4.69, 9.17) is 11.6 Å². The lowest BCUT2D eigenvalue weighted by molar-refractivity contribution is -0.121. The van der Waals surface area contributed by atoms with Gasteiger partial charge in [0.2, 0.25) is 5.91 Å². The average molecular weight is 400 g/mol. The lowest BCUT2D eigenvalue weighted by Gasteiger charge is -2.15. The Labute approximate surface area is 167 Å². The van der Waals surface area contributed by atoms with Gasteiger partial charge in [0.05, 0.1) is 14.9 Å². The number of halogens is 1. The molecule has 0 atom stereocenters. The molecule has 2 aromatic heterocycles. The molecule has 1 aliphatic carbocycles. The van der Waals surface area contributed by atoms with E-state index in [9.17, 15) is 4.79 Å². The Morgan fingerprint density at radius 2 is 2.04 bits per heavy atom. The number of benzene rings is 1. The van der Waals surface area contributed by atoms with Gasteiger partial charge >= 0.3 is 0 Å². The molecular formula is C21H22ClN3OS. The number of carbonyl (C=O) groups is 1. The molecule has 0 radical (unpaired) electrons. The van der Waals surface area contributed by atoms with Crippen LogP contribution in [-0.2, 0) is 24.2 Å². The summed E-state index contributed by atoms with van der Waals surface area (Å²) in [6.07, 6.45) is 5.13. The molecular weight excluding hydrogens is 378 g/mol. The van der Waals surface area contributed by atoms with Gasteiger partial charge in [-0.25, -0.2) is 5.43 Å². The second-order valence-electron chi connectivity index (χ2n) is 6.89. The van der Waals surface area contributed by atoms with E-state index in [1.807, 2.05) is 19.1 Å². The summed E-state index contributed by atoms with van der Waals surface area (Å²) in [6, 6.07) is 12.3. The summed E-state index contributed by atoms with van der Waals surface area (Å²) in [6.45, 7) is 2.55. The van der Waals surface area contributed by atoms with Crippen molar-refractivity contribution in [3.05, 3.63) is 56.9 Å². The minimum absolute atomic E-state index is 0.0701. The van der Waals surface area contributed by atoms with Crippen molar-refractivity contribution in [2.24, 2.45) is 5.10 Å². The van der Waals surface area contributed by atoms with Crippen LogP contribution < -0.4 is 5.43 Å². The van der Waals surface area contributed by atoms with E-state index in [0.717, 1.165) is 27.8 Å². The Balaban J connectivity index is 1.46. The minimum Gasteiger partial charge on any atom is -0.344 e. The minimum atomic E-state index is -0.0701. The van der Waals surface area contributed by atoms with Crippen molar-refractivity contribution in [2.75, 3.05) is 0 Å². The maximum Gasteiger partial charge on any atom is 0.241 e. The molecule has 27 heavy (non-hydrogen) atoms. The largest absolute Gasteiger partial charge is 0.344 e. The molecule has 3 aromatic rings. The summed E-state index contributed by atoms with van der Waals surface area (Å²) in [5.74, 6) is -0.0701. The van der Waals surface area contributed by atoms with Gasteiger partial charge in [-0.15, -0.1) is 11.3 Å². The maximum atomic E-state index is 12.3. The van der Waals surface area contributed by atoms with Crippen LogP contribution in [0.1, 0.15) is 42.3 Å². The molecule has 1 N–H and O–H groups in total. The standard InChI is InChI=1S/C21H22ClN3OS/c1-14(19-10-11-20(22)27-19)23-24-21(26)12-13-25-17-8-4-2-6-15(17)16-7-3-5-9-18(16)25/h2,4,6,8,10-11H,3,5,7,9,12-13H2,1H3,(H,24,26)/b23-14+. The third-order valence-electron chi connectivity index (χ3n) is 5.13. The molecule has 0 fully saturated rings. The summed E-state index contributed by atoms with van der Waals surface area (Å²) in [5.41, 5.74) is 7.57. The van der Waals surface area contributed by atoms with E-state index in [1.54, 1.807) is 0 Å². The van der Waals surface area contributed by atoms with Crippen LogP contribution in [0.2, 0.25) is 4.34 Å². The number of nitrogens with one attached hydrogen (secondary N) is 1. The number of para-hydroxylation sites is 1. The summed E-state index contributed by atoms with van der Waals surface area (Å²) >= 11 is 7.41. The molecule has 0 saturated heterocycles. The summed E-state index contributed by atoms with van der Waals surface area (Å²) < 4.78 is 3.05. The van der Waals surface area contributed by atoms with Crippen LogP contribution in [0.3, 0.4) is 0 Å². The molecule has 0 saturated carbocycles. The van der Waals surface area contributed by atoms with Crippen molar-refractivity contribution in [1.29, 1.82) is 0 Å². The quantitative estimate of drug-likeness (QED) is 0.467. The molecule has 4 rings (SSSR count). The SMILES string of the molecule is C/C(=N\NC(=O)CCn1c2c(c3ccccc31)CCCC2)c1ccc(Cl)s1. The van der Waals surface area contributed by atoms with Gasteiger partial charge in [0.1, 0.15) is 0 Å². The van der Waals surface area contributed by atoms with Gasteiger partial charge in [-0.1, -0.05) is 29.8 Å². The Morgan fingerprint density at radius 1 is 1.22 bits per heavy atom. The van der Waals surface area contributed by atoms with Crippen LogP contribution in [0.15, 0.2) is 41.5 Å². The summed E-state index contributed by atoms with van der Waals surface area (Å²) in [7, 11) is 0. The van der Waals surface area contributed by atoms with Crippen molar-refractivity contribution in [3.63, 3.8) is 0 Å². The Kier molecular flexibility index (Phi) is 5.32. The predicted molar refractivity (Wildman–Crippen MR) is 113 cm³/mol. The molecule has 1 aliphatic rings. The number of rotatable bonds is 5. The van der Waals surface area contributed by atoms with Gasteiger partial charge in [-0.3, -0.25) is 4.79 Å². The fourth-order valence-electron chi connectivity index (χ4n) is 3.82. The highest BCUT2D eigenvalue weighted by atomic mass is 35.5. The summed E-state index contributed by atoms with van der Waals surface area (Å²) in [4.78, 5) is 13.3. The van der Waals surface area contributed by atoms with Crippen molar-refractivity contribution >= 4 is 45.5 Å². The van der Waals surface area contributed by atoms with Gasteiger partial charge in [0, 0.05) is 29.6 Å². The van der Waals surface area contributed by atoms with E-state index in [-0.39, 0.29) is 5.91 Å². The average Bonchev–Trinajstić information content (AvgIpc) is 3.26. The molecule has 0 spiro atoms. The first kappa shape index (κ1) is 18.3. The first-order chi connectivity index (χ1) is 13.1. The van der Waals surface area contributed by atoms with Gasteiger partial charge < -0.3 is 4.57 Å². The van der Waals surface area contributed by atoms with Crippen LogP contribution >= 0.6 is 22.9 Å². The molecule has 140 valence electrons. The second-order valence-corrected chi connectivity index (χ2v) is 8.60. The fraction of sp³-hybridized carbons (Fsp3) is 0.333. The molecule has 0 unspecified atom stereocenters. The Morgan fingerprint density at radius 3 is 2.85 bits per heavy atom. The zero-order valence-corrected chi connectivity index (χ0v) is 16.9. The molecule has 0 aliphatic heterocycles. The van der Waals surface area contributed by atoms with Crippen LogP contribution in [0.5, 0.6) is 0 Å². The lowest BCUT2D eigenvalue weighted by Crippen LogP contribution is -2.21. The lowest BCUT2D eigenvalue weighted by atomic mass is 9.95. The molecule has 6 heteroatoms. The van der Waals surface area contributed by atoms with Gasteiger partial charge in [0.25, 0.3) is 0 Å². The predicted octanol–water partition coefficient (Wildman–Crippen LogP) is 5.17. The Hall–Kier alpha value is -2.11. The van der Waals surface area contributed by atoms with Crippen molar-refractivity contribution < 1.29 is 4.79 Å². The number of carbonyl (C=O) groups excluding carboxylic acids is 1. The molecule has 1 amide bonds. The second kappa shape index (κ2) is 7.87. The van der Waals surface area contributed by atoms with Crippen LogP contribution in [0.25, 0.3) is 10.9 Å². The van der Waals surface area contributed by atoms with Crippen LogP contribution in [0, 0.1) is 0 Å². The van der Waals surface area contributed by atoms with E-state index < -0.39 is 0 Å². The number of nitrogens with zero attached hydrogens (tertiary/aromatic N) is 2. The summed E-state index contributed by atoms with van der Waals surface area (Å²) in [5, 5.41) is 5.56. The normalized spacial score (nSPS) is 14.4. The van der Waals surface area contributed by atoms with Gasteiger partial charge in [0.15, 0.2) is 0 Å². The van der Waals surface area contributed by atoms with Gasteiger partial charge in [-0.2, -0.15) is 5.10 Å². The Bertz CT molecular complexity index is 1020. The number of hydrazone groups is 1. The van der Waals surface area contributed by atoms with Gasteiger partial charge in [-0.05, 0) is 56.4 Å².